The Balaban J connectivity index is 1.94. The van der Waals surface area contributed by atoms with Crippen LogP contribution in [0.25, 0.3) is 22.2 Å². The van der Waals surface area contributed by atoms with Crippen LogP contribution < -0.4 is 5.56 Å². The SMILES string of the molecule is O=c1c2cccnc2c(-c2cccc([N+](=O)[O-])c2)nn1C1CCCN1CCO. The molecule has 1 atom stereocenters. The number of pyridine rings is 1. The fraction of sp³-hybridized carbons (Fsp3) is 0.316. The molecular formula is C19H19N5O4. The Labute approximate surface area is 160 Å². The normalized spacial score (nSPS) is 17.2. The lowest BCUT2D eigenvalue weighted by Gasteiger charge is -2.25. The van der Waals surface area contributed by atoms with E-state index >= 15 is 0 Å². The second-order valence-corrected chi connectivity index (χ2v) is 6.69. The smallest absolute Gasteiger partial charge is 0.277 e. The van der Waals surface area contributed by atoms with Crippen LogP contribution in [0.15, 0.2) is 47.4 Å². The number of β-amino-alcohol motifs (C(OH)–C–C–N with tert-alkyl or cyclic N) is 1. The number of aliphatic hydroxyl groups is 1. The van der Waals surface area contributed by atoms with E-state index in [1.54, 1.807) is 30.5 Å². The summed E-state index contributed by atoms with van der Waals surface area (Å²) in [6.07, 6.45) is 2.95. The molecule has 1 aliphatic rings. The number of non-ortho nitro benzene ring substituents is 1. The molecule has 1 N–H and O–H groups in total. The summed E-state index contributed by atoms with van der Waals surface area (Å²) in [4.78, 5) is 30.1. The standard InChI is InChI=1S/C19H19N5O4/c25-11-10-22-9-3-7-16(22)23-19(26)15-6-2-8-20-18(15)17(21-23)13-4-1-5-14(12-13)24(27)28/h1-2,4-6,8,12,16,25H,3,7,9-11H2. The highest BCUT2D eigenvalue weighted by Crippen LogP contribution is 2.29. The summed E-state index contributed by atoms with van der Waals surface area (Å²) in [6, 6.07) is 9.53. The highest BCUT2D eigenvalue weighted by atomic mass is 16.6. The average molecular weight is 381 g/mol. The fourth-order valence-corrected chi connectivity index (χ4v) is 3.73. The van der Waals surface area contributed by atoms with Gasteiger partial charge in [0.25, 0.3) is 11.2 Å². The number of hydrogen-bond donors (Lipinski definition) is 1. The predicted molar refractivity (Wildman–Crippen MR) is 103 cm³/mol. The topological polar surface area (TPSA) is 114 Å². The van der Waals surface area contributed by atoms with Crippen LogP contribution >= 0.6 is 0 Å². The van der Waals surface area contributed by atoms with Crippen molar-refractivity contribution in [2.24, 2.45) is 0 Å². The highest BCUT2D eigenvalue weighted by molar-refractivity contribution is 5.90. The molecule has 1 saturated heterocycles. The molecule has 0 amide bonds. The van der Waals surface area contributed by atoms with Gasteiger partial charge in [-0.2, -0.15) is 5.10 Å². The second-order valence-electron chi connectivity index (χ2n) is 6.69. The molecule has 0 spiro atoms. The van der Waals surface area contributed by atoms with Crippen LogP contribution in [0, 0.1) is 10.1 Å². The van der Waals surface area contributed by atoms with E-state index in [0.29, 0.717) is 28.7 Å². The van der Waals surface area contributed by atoms with E-state index in [4.69, 9.17) is 0 Å². The van der Waals surface area contributed by atoms with Crippen LogP contribution in [0.5, 0.6) is 0 Å². The van der Waals surface area contributed by atoms with Crippen molar-refractivity contribution in [3.05, 3.63) is 63.1 Å². The molecule has 0 saturated carbocycles. The summed E-state index contributed by atoms with van der Waals surface area (Å²) in [6.45, 7) is 1.23. The van der Waals surface area contributed by atoms with E-state index in [2.05, 4.69) is 10.1 Å². The molecule has 9 heteroatoms. The molecule has 0 radical (unpaired) electrons. The maximum absolute atomic E-state index is 13.1. The van der Waals surface area contributed by atoms with Crippen molar-refractivity contribution >= 4 is 16.6 Å². The highest BCUT2D eigenvalue weighted by Gasteiger charge is 2.28. The minimum atomic E-state index is -0.463. The molecule has 3 heterocycles. The molecule has 3 aromatic rings. The number of benzene rings is 1. The summed E-state index contributed by atoms with van der Waals surface area (Å²) >= 11 is 0. The number of nitro benzene ring substituents is 1. The largest absolute Gasteiger partial charge is 0.395 e. The first-order chi connectivity index (χ1) is 13.6. The number of nitro groups is 1. The third-order valence-electron chi connectivity index (χ3n) is 5.01. The molecular weight excluding hydrogens is 362 g/mol. The summed E-state index contributed by atoms with van der Waals surface area (Å²) in [5.41, 5.74) is 1.06. The van der Waals surface area contributed by atoms with Crippen molar-refractivity contribution in [2.45, 2.75) is 19.0 Å². The Kier molecular flexibility index (Phi) is 4.84. The molecule has 4 rings (SSSR count). The number of aromatic nitrogens is 3. The van der Waals surface area contributed by atoms with Crippen LogP contribution in [0.3, 0.4) is 0 Å². The van der Waals surface area contributed by atoms with E-state index in [0.717, 1.165) is 19.4 Å². The van der Waals surface area contributed by atoms with E-state index in [1.165, 1.54) is 16.8 Å². The first-order valence-corrected chi connectivity index (χ1v) is 9.07. The molecule has 1 aromatic carbocycles. The maximum atomic E-state index is 13.1. The molecule has 1 aliphatic heterocycles. The lowest BCUT2D eigenvalue weighted by Crippen LogP contribution is -2.37. The number of hydrogen-bond acceptors (Lipinski definition) is 7. The Morgan fingerprint density at radius 1 is 1.29 bits per heavy atom. The molecule has 9 nitrogen and oxygen atoms in total. The number of aliphatic hydroxyl groups excluding tert-OH is 1. The Bertz CT molecular complexity index is 1100. The zero-order valence-electron chi connectivity index (χ0n) is 15.1. The van der Waals surface area contributed by atoms with Gasteiger partial charge in [-0.15, -0.1) is 0 Å². The van der Waals surface area contributed by atoms with Gasteiger partial charge < -0.3 is 5.11 Å². The third-order valence-corrected chi connectivity index (χ3v) is 5.01. The Morgan fingerprint density at radius 3 is 2.93 bits per heavy atom. The van der Waals surface area contributed by atoms with Crippen molar-refractivity contribution in [1.29, 1.82) is 0 Å². The Morgan fingerprint density at radius 2 is 2.14 bits per heavy atom. The fourth-order valence-electron chi connectivity index (χ4n) is 3.73. The molecule has 1 fully saturated rings. The van der Waals surface area contributed by atoms with Gasteiger partial charge >= 0.3 is 0 Å². The van der Waals surface area contributed by atoms with E-state index in [9.17, 15) is 20.0 Å². The van der Waals surface area contributed by atoms with Crippen molar-refractivity contribution in [3.8, 4) is 11.3 Å². The van der Waals surface area contributed by atoms with Gasteiger partial charge in [-0.1, -0.05) is 12.1 Å². The van der Waals surface area contributed by atoms with Crippen LogP contribution in [0.1, 0.15) is 19.0 Å². The van der Waals surface area contributed by atoms with Gasteiger partial charge in [0.05, 0.1) is 16.9 Å². The molecule has 144 valence electrons. The van der Waals surface area contributed by atoms with Crippen molar-refractivity contribution in [1.82, 2.24) is 19.7 Å². The quantitative estimate of drug-likeness (QED) is 0.531. The predicted octanol–water partition coefficient (Wildman–Crippen LogP) is 1.95. The lowest BCUT2D eigenvalue weighted by atomic mass is 10.1. The monoisotopic (exact) mass is 381 g/mol. The van der Waals surface area contributed by atoms with Crippen LogP contribution in [0.2, 0.25) is 0 Å². The Hall–Kier alpha value is -3.17. The van der Waals surface area contributed by atoms with Crippen LogP contribution in [-0.2, 0) is 0 Å². The first-order valence-electron chi connectivity index (χ1n) is 9.07. The molecule has 0 aliphatic carbocycles. The van der Waals surface area contributed by atoms with Gasteiger partial charge in [0.15, 0.2) is 0 Å². The van der Waals surface area contributed by atoms with Gasteiger partial charge in [-0.3, -0.25) is 24.8 Å². The third kappa shape index (κ3) is 3.14. The summed E-state index contributed by atoms with van der Waals surface area (Å²) in [5.74, 6) is 0. The van der Waals surface area contributed by atoms with Crippen molar-refractivity contribution < 1.29 is 10.0 Å². The van der Waals surface area contributed by atoms with Crippen molar-refractivity contribution in [2.75, 3.05) is 19.7 Å². The number of fused-ring (bicyclic) bond motifs is 1. The minimum Gasteiger partial charge on any atom is -0.395 e. The van der Waals surface area contributed by atoms with E-state index < -0.39 is 4.92 Å². The van der Waals surface area contributed by atoms with Crippen LogP contribution in [-0.4, -0.2) is 49.4 Å². The van der Waals surface area contributed by atoms with Gasteiger partial charge in [0.2, 0.25) is 0 Å². The number of nitrogens with zero attached hydrogens (tertiary/aromatic N) is 5. The van der Waals surface area contributed by atoms with Crippen molar-refractivity contribution in [3.63, 3.8) is 0 Å². The summed E-state index contributed by atoms with van der Waals surface area (Å²) in [5, 5.41) is 25.5. The number of likely N-dealkylation sites (tertiary alicyclic amines) is 1. The maximum Gasteiger partial charge on any atom is 0.277 e. The zero-order valence-corrected chi connectivity index (χ0v) is 15.1. The molecule has 28 heavy (non-hydrogen) atoms. The molecule has 2 aromatic heterocycles. The van der Waals surface area contributed by atoms with Gasteiger partial charge in [0.1, 0.15) is 17.4 Å². The molecule has 0 bridgehead atoms. The van der Waals surface area contributed by atoms with Gasteiger partial charge in [-0.05, 0) is 25.0 Å². The van der Waals surface area contributed by atoms with Gasteiger partial charge in [-0.25, -0.2) is 4.68 Å². The van der Waals surface area contributed by atoms with Crippen LogP contribution in [0.4, 0.5) is 5.69 Å². The zero-order chi connectivity index (χ0) is 19.7. The summed E-state index contributed by atoms with van der Waals surface area (Å²) < 4.78 is 1.43. The first kappa shape index (κ1) is 18.2. The van der Waals surface area contributed by atoms with Gasteiger partial charge in [0, 0.05) is 37.0 Å². The van der Waals surface area contributed by atoms with E-state index in [-0.39, 0.29) is 24.0 Å². The second kappa shape index (κ2) is 7.45. The molecule has 1 unspecified atom stereocenters. The lowest BCUT2D eigenvalue weighted by molar-refractivity contribution is -0.384. The average Bonchev–Trinajstić information content (AvgIpc) is 3.17. The summed E-state index contributed by atoms with van der Waals surface area (Å²) in [7, 11) is 0. The number of rotatable bonds is 5. The van der Waals surface area contributed by atoms with E-state index in [1.807, 2.05) is 4.90 Å². The minimum absolute atomic E-state index is 0.00186.